The van der Waals surface area contributed by atoms with Crippen LogP contribution in [0.1, 0.15) is 15.9 Å². The molecule has 0 aromatic heterocycles. The molecule has 2 N–H and O–H groups in total. The van der Waals surface area contributed by atoms with Gasteiger partial charge in [0.05, 0.1) is 17.8 Å². The molecule has 9 heteroatoms. The Bertz CT molecular complexity index is 963. The van der Waals surface area contributed by atoms with Crippen LogP contribution in [0.15, 0.2) is 39.7 Å². The number of aryl methyl sites for hydroxylation is 1. The SMILES string of the molecule is Cc1ccc(NS(=O)(=O)c2cc(Br)cc3c2OCCNC3=O)cc1F. The van der Waals surface area contributed by atoms with Crippen molar-refractivity contribution in [1.29, 1.82) is 0 Å². The highest BCUT2D eigenvalue weighted by molar-refractivity contribution is 9.10. The fraction of sp³-hybridized carbons (Fsp3) is 0.188. The van der Waals surface area contributed by atoms with Crippen molar-refractivity contribution in [1.82, 2.24) is 5.32 Å². The predicted octanol–water partition coefficient (Wildman–Crippen LogP) is 2.82. The number of nitrogens with one attached hydrogen (secondary N) is 2. The molecule has 0 saturated carbocycles. The molecule has 2 aromatic carbocycles. The van der Waals surface area contributed by atoms with Gasteiger partial charge in [0, 0.05) is 4.47 Å². The van der Waals surface area contributed by atoms with Crippen molar-refractivity contribution in [3.63, 3.8) is 0 Å². The second-order valence-electron chi connectivity index (χ2n) is 5.45. The van der Waals surface area contributed by atoms with Crippen LogP contribution in [0, 0.1) is 12.7 Å². The fourth-order valence-electron chi connectivity index (χ4n) is 2.37. The number of carbonyl (C=O) groups is 1. The highest BCUT2D eigenvalue weighted by Crippen LogP contribution is 2.34. The summed E-state index contributed by atoms with van der Waals surface area (Å²) in [5.41, 5.74) is 0.594. The van der Waals surface area contributed by atoms with Gasteiger partial charge in [0.1, 0.15) is 17.3 Å². The quantitative estimate of drug-likeness (QED) is 0.786. The Hall–Kier alpha value is -2.13. The Kier molecular flexibility index (Phi) is 4.70. The van der Waals surface area contributed by atoms with E-state index in [1.54, 1.807) is 6.92 Å². The maximum Gasteiger partial charge on any atom is 0.265 e. The van der Waals surface area contributed by atoms with Crippen LogP contribution in [0.3, 0.4) is 0 Å². The van der Waals surface area contributed by atoms with E-state index >= 15 is 0 Å². The zero-order chi connectivity index (χ0) is 18.2. The van der Waals surface area contributed by atoms with Crippen molar-refractivity contribution in [3.05, 3.63) is 51.7 Å². The molecule has 2 aromatic rings. The number of amides is 1. The van der Waals surface area contributed by atoms with Gasteiger partial charge < -0.3 is 10.1 Å². The van der Waals surface area contributed by atoms with Crippen molar-refractivity contribution in [2.24, 2.45) is 0 Å². The van der Waals surface area contributed by atoms with Crippen LogP contribution in [0.2, 0.25) is 0 Å². The molecule has 132 valence electrons. The van der Waals surface area contributed by atoms with Gasteiger partial charge in [0.15, 0.2) is 5.75 Å². The lowest BCUT2D eigenvalue weighted by Crippen LogP contribution is -2.24. The van der Waals surface area contributed by atoms with Gasteiger partial charge in [0.2, 0.25) is 0 Å². The van der Waals surface area contributed by atoms with Gasteiger partial charge in [-0.25, -0.2) is 12.8 Å². The van der Waals surface area contributed by atoms with Crippen molar-refractivity contribution < 1.29 is 22.3 Å². The molecule has 6 nitrogen and oxygen atoms in total. The van der Waals surface area contributed by atoms with E-state index in [9.17, 15) is 17.6 Å². The first-order chi connectivity index (χ1) is 11.8. The molecule has 1 amide bonds. The van der Waals surface area contributed by atoms with E-state index in [1.165, 1.54) is 24.3 Å². The second-order valence-corrected chi connectivity index (χ2v) is 8.02. The molecule has 1 heterocycles. The summed E-state index contributed by atoms with van der Waals surface area (Å²) >= 11 is 3.21. The number of halogens is 2. The van der Waals surface area contributed by atoms with E-state index in [2.05, 4.69) is 26.0 Å². The molecule has 0 aliphatic carbocycles. The maximum atomic E-state index is 13.7. The van der Waals surface area contributed by atoms with Gasteiger partial charge in [-0.2, -0.15) is 0 Å². The Morgan fingerprint density at radius 1 is 1.28 bits per heavy atom. The number of ether oxygens (including phenoxy) is 1. The molecule has 0 spiro atoms. The monoisotopic (exact) mass is 428 g/mol. The third-order valence-corrected chi connectivity index (χ3v) is 5.46. The molecule has 0 atom stereocenters. The summed E-state index contributed by atoms with van der Waals surface area (Å²) in [6.07, 6.45) is 0. The summed E-state index contributed by atoms with van der Waals surface area (Å²) in [5.74, 6) is -0.978. The molecule has 0 fully saturated rings. The summed E-state index contributed by atoms with van der Waals surface area (Å²) in [4.78, 5) is 11.9. The number of benzene rings is 2. The zero-order valence-corrected chi connectivity index (χ0v) is 15.5. The summed E-state index contributed by atoms with van der Waals surface area (Å²) in [6.45, 7) is 1.98. The van der Waals surface area contributed by atoms with Gasteiger partial charge in [-0.1, -0.05) is 22.0 Å². The number of fused-ring (bicyclic) bond motifs is 1. The van der Waals surface area contributed by atoms with Crippen molar-refractivity contribution >= 4 is 37.5 Å². The van der Waals surface area contributed by atoms with Crippen LogP contribution in [0.4, 0.5) is 10.1 Å². The lowest BCUT2D eigenvalue weighted by Gasteiger charge is -2.14. The Labute approximate surface area is 152 Å². The van der Waals surface area contributed by atoms with E-state index in [0.29, 0.717) is 10.0 Å². The fourth-order valence-corrected chi connectivity index (χ4v) is 4.22. The Morgan fingerprint density at radius 3 is 2.76 bits per heavy atom. The zero-order valence-electron chi connectivity index (χ0n) is 13.1. The predicted molar refractivity (Wildman–Crippen MR) is 93.9 cm³/mol. The molecule has 3 rings (SSSR count). The summed E-state index contributed by atoms with van der Waals surface area (Å²) < 4.78 is 47.4. The van der Waals surface area contributed by atoms with E-state index in [0.717, 1.165) is 6.07 Å². The third-order valence-electron chi connectivity index (χ3n) is 3.61. The van der Waals surface area contributed by atoms with Gasteiger partial charge in [-0.15, -0.1) is 0 Å². The van der Waals surface area contributed by atoms with Crippen LogP contribution < -0.4 is 14.8 Å². The van der Waals surface area contributed by atoms with Crippen molar-refractivity contribution in [2.75, 3.05) is 17.9 Å². The van der Waals surface area contributed by atoms with E-state index < -0.39 is 21.7 Å². The average molecular weight is 429 g/mol. The number of sulfonamides is 1. The maximum absolute atomic E-state index is 13.7. The molecule has 25 heavy (non-hydrogen) atoms. The van der Waals surface area contributed by atoms with Crippen LogP contribution in [0.5, 0.6) is 5.75 Å². The van der Waals surface area contributed by atoms with Crippen molar-refractivity contribution in [3.8, 4) is 5.75 Å². The van der Waals surface area contributed by atoms with E-state index in [-0.39, 0.29) is 35.0 Å². The molecule has 1 aliphatic heterocycles. The smallest absolute Gasteiger partial charge is 0.265 e. The van der Waals surface area contributed by atoms with E-state index in [4.69, 9.17) is 4.74 Å². The third kappa shape index (κ3) is 3.62. The second kappa shape index (κ2) is 6.64. The van der Waals surface area contributed by atoms with E-state index in [1.807, 2.05) is 0 Å². The number of rotatable bonds is 3. The topological polar surface area (TPSA) is 84.5 Å². The highest BCUT2D eigenvalue weighted by Gasteiger charge is 2.28. The molecule has 0 radical (unpaired) electrons. The normalized spacial score (nSPS) is 14.1. The van der Waals surface area contributed by atoms with Gasteiger partial charge in [-0.3, -0.25) is 9.52 Å². The minimum Gasteiger partial charge on any atom is -0.489 e. The largest absolute Gasteiger partial charge is 0.489 e. The van der Waals surface area contributed by atoms with Crippen LogP contribution in [-0.4, -0.2) is 27.5 Å². The first-order valence-corrected chi connectivity index (χ1v) is 9.59. The average Bonchev–Trinajstić information content (AvgIpc) is 2.72. The number of anilines is 1. The highest BCUT2D eigenvalue weighted by atomic mass is 79.9. The minimum atomic E-state index is -4.10. The summed E-state index contributed by atoms with van der Waals surface area (Å²) in [6, 6.07) is 6.85. The molecular weight excluding hydrogens is 415 g/mol. The van der Waals surface area contributed by atoms with Gasteiger partial charge >= 0.3 is 0 Å². The van der Waals surface area contributed by atoms with Crippen LogP contribution in [-0.2, 0) is 10.0 Å². The first kappa shape index (κ1) is 17.7. The summed E-state index contributed by atoms with van der Waals surface area (Å²) in [7, 11) is -4.10. The molecule has 1 aliphatic rings. The van der Waals surface area contributed by atoms with Crippen LogP contribution in [0.25, 0.3) is 0 Å². The molecule has 0 bridgehead atoms. The standard InChI is InChI=1S/C16H14BrFN2O4S/c1-9-2-3-11(8-13(9)18)20-25(22,23)14-7-10(17)6-12-15(14)24-5-4-19-16(12)21/h2-3,6-8,20H,4-5H2,1H3,(H,19,21). The minimum absolute atomic E-state index is 0.0294. The molecule has 0 saturated heterocycles. The lowest BCUT2D eigenvalue weighted by atomic mass is 10.2. The first-order valence-electron chi connectivity index (χ1n) is 7.31. The lowest BCUT2D eigenvalue weighted by molar-refractivity contribution is 0.0957. The number of hydrogen-bond acceptors (Lipinski definition) is 4. The molecule has 0 unspecified atom stereocenters. The Balaban J connectivity index is 2.08. The van der Waals surface area contributed by atoms with Crippen molar-refractivity contribution in [2.45, 2.75) is 11.8 Å². The van der Waals surface area contributed by atoms with Gasteiger partial charge in [0.25, 0.3) is 15.9 Å². The number of hydrogen-bond donors (Lipinski definition) is 2. The van der Waals surface area contributed by atoms with Gasteiger partial charge in [-0.05, 0) is 36.8 Å². The number of carbonyl (C=O) groups excluding carboxylic acids is 1. The molecular formula is C16H14BrFN2O4S. The van der Waals surface area contributed by atoms with Crippen LogP contribution >= 0.6 is 15.9 Å². The Morgan fingerprint density at radius 2 is 2.04 bits per heavy atom. The summed E-state index contributed by atoms with van der Waals surface area (Å²) in [5, 5.41) is 2.62.